The molecule has 0 aliphatic rings. The summed E-state index contributed by atoms with van der Waals surface area (Å²) in [6.45, 7) is 3.90. The lowest BCUT2D eigenvalue weighted by molar-refractivity contribution is -0.118. The largest absolute Gasteiger partial charge is 0.495 e. The lowest BCUT2D eigenvalue weighted by Gasteiger charge is -2.13. The first-order valence-electron chi connectivity index (χ1n) is 9.57. The summed E-state index contributed by atoms with van der Waals surface area (Å²) in [5.74, 6) is 1.03. The molecule has 0 aliphatic carbocycles. The zero-order valence-corrected chi connectivity index (χ0v) is 17.9. The fourth-order valence-corrected chi connectivity index (χ4v) is 4.19. The Morgan fingerprint density at radius 3 is 2.60 bits per heavy atom. The Hall–Kier alpha value is -3.38. The summed E-state index contributed by atoms with van der Waals surface area (Å²) in [7, 11) is 1.58. The van der Waals surface area contributed by atoms with Gasteiger partial charge in [0, 0.05) is 5.56 Å². The quantitative estimate of drug-likeness (QED) is 0.442. The third kappa shape index (κ3) is 4.28. The number of methoxy groups -OCH3 is 1. The number of aryl methyl sites for hydroxylation is 2. The molecule has 1 amide bonds. The molecule has 4 aromatic rings. The van der Waals surface area contributed by atoms with E-state index in [4.69, 9.17) is 14.5 Å². The maximum absolute atomic E-state index is 12.5. The molecular formula is C24H22N2O3S. The average Bonchev–Trinajstić information content (AvgIpc) is 3.17. The molecule has 1 heterocycles. The van der Waals surface area contributed by atoms with E-state index >= 15 is 0 Å². The number of amides is 1. The number of ether oxygens (including phenoxy) is 2. The highest BCUT2D eigenvalue weighted by Gasteiger charge is 2.13. The van der Waals surface area contributed by atoms with Crippen molar-refractivity contribution in [3.63, 3.8) is 0 Å². The van der Waals surface area contributed by atoms with Crippen molar-refractivity contribution < 1.29 is 14.3 Å². The van der Waals surface area contributed by atoms with Gasteiger partial charge in [-0.25, -0.2) is 4.98 Å². The van der Waals surface area contributed by atoms with E-state index in [1.54, 1.807) is 18.4 Å². The maximum atomic E-state index is 12.5. The molecule has 5 nitrogen and oxygen atoms in total. The zero-order valence-electron chi connectivity index (χ0n) is 17.1. The minimum absolute atomic E-state index is 0.0849. The van der Waals surface area contributed by atoms with Crippen molar-refractivity contribution in [1.29, 1.82) is 0 Å². The maximum Gasteiger partial charge on any atom is 0.262 e. The van der Waals surface area contributed by atoms with Crippen molar-refractivity contribution in [2.45, 2.75) is 13.8 Å². The van der Waals surface area contributed by atoms with Gasteiger partial charge in [-0.3, -0.25) is 4.79 Å². The van der Waals surface area contributed by atoms with Crippen LogP contribution in [-0.4, -0.2) is 24.6 Å². The summed E-state index contributed by atoms with van der Waals surface area (Å²) < 4.78 is 12.2. The Morgan fingerprint density at radius 1 is 1.03 bits per heavy atom. The Kier molecular flexibility index (Phi) is 5.68. The predicted molar refractivity (Wildman–Crippen MR) is 122 cm³/mol. The van der Waals surface area contributed by atoms with Gasteiger partial charge < -0.3 is 14.8 Å². The van der Waals surface area contributed by atoms with Crippen LogP contribution >= 0.6 is 11.3 Å². The van der Waals surface area contributed by atoms with Gasteiger partial charge in [-0.05, 0) is 55.8 Å². The lowest BCUT2D eigenvalue weighted by atomic mass is 10.1. The highest BCUT2D eigenvalue weighted by atomic mass is 32.1. The van der Waals surface area contributed by atoms with Crippen LogP contribution in [0.15, 0.2) is 60.7 Å². The van der Waals surface area contributed by atoms with Gasteiger partial charge in [0.2, 0.25) is 0 Å². The molecule has 0 fully saturated rings. The average molecular weight is 419 g/mol. The summed E-state index contributed by atoms with van der Waals surface area (Å²) in [4.78, 5) is 17.2. The number of hydrogen-bond acceptors (Lipinski definition) is 5. The third-order valence-electron chi connectivity index (χ3n) is 4.70. The number of thiazole rings is 1. The molecule has 0 aliphatic heterocycles. The SMILES string of the molecule is COc1ccc(-c2nc3ccccc3s2)cc1NC(=O)COc1ccc(C)cc1C. The zero-order chi connectivity index (χ0) is 21.1. The number of para-hydroxylation sites is 1. The van der Waals surface area contributed by atoms with Crippen molar-refractivity contribution >= 4 is 33.1 Å². The summed E-state index contributed by atoms with van der Waals surface area (Å²) in [6, 6.07) is 19.5. The molecule has 6 heteroatoms. The molecule has 0 saturated heterocycles. The van der Waals surface area contributed by atoms with Gasteiger partial charge in [0.1, 0.15) is 16.5 Å². The molecule has 1 N–H and O–H groups in total. The van der Waals surface area contributed by atoms with Crippen LogP contribution in [0.5, 0.6) is 11.5 Å². The number of nitrogens with one attached hydrogen (secondary N) is 1. The van der Waals surface area contributed by atoms with Crippen LogP contribution in [0, 0.1) is 13.8 Å². The summed E-state index contributed by atoms with van der Waals surface area (Å²) >= 11 is 1.61. The van der Waals surface area contributed by atoms with Crippen molar-refractivity contribution in [1.82, 2.24) is 4.98 Å². The number of rotatable bonds is 6. The lowest BCUT2D eigenvalue weighted by Crippen LogP contribution is -2.20. The number of nitrogens with zero attached hydrogens (tertiary/aromatic N) is 1. The van der Waals surface area contributed by atoms with Crippen molar-refractivity contribution in [3.8, 4) is 22.1 Å². The van der Waals surface area contributed by atoms with Gasteiger partial charge in [0.15, 0.2) is 6.61 Å². The second-order valence-corrected chi connectivity index (χ2v) is 8.04. The molecule has 0 saturated carbocycles. The van der Waals surface area contributed by atoms with Gasteiger partial charge in [-0.1, -0.05) is 29.8 Å². The van der Waals surface area contributed by atoms with Crippen molar-refractivity contribution in [2.24, 2.45) is 0 Å². The van der Waals surface area contributed by atoms with Gasteiger partial charge in [0.05, 0.1) is 23.0 Å². The third-order valence-corrected chi connectivity index (χ3v) is 5.79. The number of hydrogen-bond donors (Lipinski definition) is 1. The van der Waals surface area contributed by atoms with E-state index in [0.717, 1.165) is 31.9 Å². The Bertz CT molecular complexity index is 1180. The minimum atomic E-state index is -0.255. The number of fused-ring (bicyclic) bond motifs is 1. The first kappa shape index (κ1) is 19.9. The van der Waals surface area contributed by atoms with E-state index in [2.05, 4.69) is 5.32 Å². The molecule has 0 unspecified atom stereocenters. The van der Waals surface area contributed by atoms with E-state index < -0.39 is 0 Å². The van der Waals surface area contributed by atoms with Crippen LogP contribution in [0.3, 0.4) is 0 Å². The number of carbonyl (C=O) groups is 1. The fraction of sp³-hybridized carbons (Fsp3) is 0.167. The Balaban J connectivity index is 1.52. The molecule has 3 aromatic carbocycles. The molecular weight excluding hydrogens is 396 g/mol. The van der Waals surface area contributed by atoms with E-state index in [1.807, 2.05) is 74.5 Å². The van der Waals surface area contributed by atoms with Crippen LogP contribution in [0.1, 0.15) is 11.1 Å². The van der Waals surface area contributed by atoms with Crippen LogP contribution < -0.4 is 14.8 Å². The van der Waals surface area contributed by atoms with E-state index in [9.17, 15) is 4.79 Å². The standard InChI is InChI=1S/C24H22N2O3S/c1-15-8-10-20(16(2)12-15)29-14-23(27)25-19-13-17(9-11-21(19)28-3)24-26-18-6-4-5-7-22(18)30-24/h4-13H,14H2,1-3H3,(H,25,27). The van der Waals surface area contributed by atoms with E-state index in [1.165, 1.54) is 0 Å². The second-order valence-electron chi connectivity index (χ2n) is 7.01. The minimum Gasteiger partial charge on any atom is -0.495 e. The molecule has 0 bridgehead atoms. The van der Waals surface area contributed by atoms with Crippen LogP contribution in [0.4, 0.5) is 5.69 Å². The first-order chi connectivity index (χ1) is 14.5. The second kappa shape index (κ2) is 8.55. The molecule has 0 atom stereocenters. The summed E-state index contributed by atoms with van der Waals surface area (Å²) in [5.41, 5.74) is 4.62. The molecule has 30 heavy (non-hydrogen) atoms. The molecule has 0 radical (unpaired) electrons. The van der Waals surface area contributed by atoms with Crippen LogP contribution in [0.25, 0.3) is 20.8 Å². The normalized spacial score (nSPS) is 10.8. The van der Waals surface area contributed by atoms with Gasteiger partial charge in [0.25, 0.3) is 5.91 Å². The molecule has 4 rings (SSSR count). The molecule has 0 spiro atoms. The highest BCUT2D eigenvalue weighted by Crippen LogP contribution is 2.34. The van der Waals surface area contributed by atoms with E-state index in [-0.39, 0.29) is 12.5 Å². The smallest absolute Gasteiger partial charge is 0.262 e. The van der Waals surface area contributed by atoms with Gasteiger partial charge in [-0.15, -0.1) is 11.3 Å². The van der Waals surface area contributed by atoms with Crippen LogP contribution in [0.2, 0.25) is 0 Å². The Morgan fingerprint density at radius 2 is 1.83 bits per heavy atom. The first-order valence-corrected chi connectivity index (χ1v) is 10.4. The fourth-order valence-electron chi connectivity index (χ4n) is 3.23. The van der Waals surface area contributed by atoms with Crippen LogP contribution in [-0.2, 0) is 4.79 Å². The topological polar surface area (TPSA) is 60.5 Å². The number of benzene rings is 3. The molecule has 152 valence electrons. The Labute approximate surface area is 179 Å². The van der Waals surface area contributed by atoms with Crippen molar-refractivity contribution in [3.05, 3.63) is 71.8 Å². The summed E-state index contributed by atoms with van der Waals surface area (Å²) in [6.07, 6.45) is 0. The highest BCUT2D eigenvalue weighted by molar-refractivity contribution is 7.21. The number of carbonyl (C=O) groups excluding carboxylic acids is 1. The molecule has 1 aromatic heterocycles. The van der Waals surface area contributed by atoms with Gasteiger partial charge >= 0.3 is 0 Å². The van der Waals surface area contributed by atoms with Gasteiger partial charge in [-0.2, -0.15) is 0 Å². The summed E-state index contributed by atoms with van der Waals surface area (Å²) in [5, 5.41) is 3.78. The monoisotopic (exact) mass is 418 g/mol. The predicted octanol–water partition coefficient (Wildman–Crippen LogP) is 5.61. The van der Waals surface area contributed by atoms with Crippen molar-refractivity contribution in [2.75, 3.05) is 19.0 Å². The number of aromatic nitrogens is 1. The van der Waals surface area contributed by atoms with E-state index in [0.29, 0.717) is 17.2 Å². The number of anilines is 1.